The van der Waals surface area contributed by atoms with Gasteiger partial charge in [0, 0.05) is 19.3 Å². The zero-order valence-corrected chi connectivity index (χ0v) is 9.58. The largest absolute Gasteiger partial charge is 0.462 e. The van der Waals surface area contributed by atoms with Crippen LogP contribution in [0.4, 0.5) is 0 Å². The van der Waals surface area contributed by atoms with E-state index in [9.17, 15) is 4.79 Å². The van der Waals surface area contributed by atoms with Gasteiger partial charge in [-0.1, -0.05) is 6.58 Å². The Kier molecular flexibility index (Phi) is 9.11. The first-order chi connectivity index (χ1) is 7.18. The standard InChI is InChI=1S/C11H20O4/c1-10(2)11(12)15-7-5-4-6-14-9-8-13-3/h1,4-9H2,2-3H3. The Morgan fingerprint density at radius 2 is 1.80 bits per heavy atom. The summed E-state index contributed by atoms with van der Waals surface area (Å²) in [5, 5.41) is 0. The summed E-state index contributed by atoms with van der Waals surface area (Å²) in [5.74, 6) is -0.324. The maximum absolute atomic E-state index is 10.9. The zero-order chi connectivity index (χ0) is 11.5. The van der Waals surface area contributed by atoms with Crippen molar-refractivity contribution < 1.29 is 19.0 Å². The van der Waals surface area contributed by atoms with Gasteiger partial charge in [-0.3, -0.25) is 0 Å². The highest BCUT2D eigenvalue weighted by Crippen LogP contribution is 1.96. The number of rotatable bonds is 9. The average molecular weight is 216 g/mol. The van der Waals surface area contributed by atoms with Crippen molar-refractivity contribution in [3.63, 3.8) is 0 Å². The first kappa shape index (κ1) is 14.1. The molecular formula is C11H20O4. The smallest absolute Gasteiger partial charge is 0.333 e. The quantitative estimate of drug-likeness (QED) is 0.333. The van der Waals surface area contributed by atoms with Gasteiger partial charge < -0.3 is 14.2 Å². The lowest BCUT2D eigenvalue weighted by Crippen LogP contribution is -2.08. The van der Waals surface area contributed by atoms with E-state index >= 15 is 0 Å². The number of hydrogen-bond donors (Lipinski definition) is 0. The molecule has 0 aromatic rings. The molecule has 0 heterocycles. The highest BCUT2D eigenvalue weighted by atomic mass is 16.5. The Bertz CT molecular complexity index is 189. The van der Waals surface area contributed by atoms with E-state index in [1.807, 2.05) is 0 Å². The molecule has 0 saturated carbocycles. The van der Waals surface area contributed by atoms with E-state index in [1.54, 1.807) is 14.0 Å². The minimum absolute atomic E-state index is 0.324. The molecule has 0 rings (SSSR count). The van der Waals surface area contributed by atoms with Crippen LogP contribution in [0.1, 0.15) is 19.8 Å². The summed E-state index contributed by atoms with van der Waals surface area (Å²) in [6, 6.07) is 0. The number of hydrogen-bond acceptors (Lipinski definition) is 4. The van der Waals surface area contributed by atoms with Crippen molar-refractivity contribution in [3.05, 3.63) is 12.2 Å². The highest BCUT2D eigenvalue weighted by Gasteiger charge is 2.01. The molecule has 0 N–H and O–H groups in total. The van der Waals surface area contributed by atoms with Crippen LogP contribution in [0.15, 0.2) is 12.2 Å². The second-order valence-electron chi connectivity index (χ2n) is 3.23. The molecule has 4 nitrogen and oxygen atoms in total. The predicted molar refractivity (Wildman–Crippen MR) is 57.7 cm³/mol. The van der Waals surface area contributed by atoms with Crippen molar-refractivity contribution in [2.45, 2.75) is 19.8 Å². The van der Waals surface area contributed by atoms with E-state index in [4.69, 9.17) is 14.2 Å². The van der Waals surface area contributed by atoms with E-state index in [0.717, 1.165) is 12.8 Å². The van der Waals surface area contributed by atoms with Gasteiger partial charge in [0.1, 0.15) is 0 Å². The van der Waals surface area contributed by atoms with Gasteiger partial charge in [0.15, 0.2) is 0 Å². The molecule has 0 aliphatic heterocycles. The van der Waals surface area contributed by atoms with Crippen molar-refractivity contribution in [3.8, 4) is 0 Å². The number of methoxy groups -OCH3 is 1. The van der Waals surface area contributed by atoms with Crippen LogP contribution < -0.4 is 0 Å². The minimum atomic E-state index is -0.324. The second-order valence-corrected chi connectivity index (χ2v) is 3.23. The molecule has 0 aliphatic rings. The fourth-order valence-electron chi connectivity index (χ4n) is 0.839. The summed E-state index contributed by atoms with van der Waals surface area (Å²) in [5.41, 5.74) is 0.436. The van der Waals surface area contributed by atoms with Crippen molar-refractivity contribution >= 4 is 5.97 Å². The van der Waals surface area contributed by atoms with Crippen molar-refractivity contribution in [1.29, 1.82) is 0 Å². The number of ether oxygens (including phenoxy) is 3. The molecule has 0 saturated heterocycles. The fourth-order valence-corrected chi connectivity index (χ4v) is 0.839. The van der Waals surface area contributed by atoms with Gasteiger partial charge in [-0.2, -0.15) is 0 Å². The van der Waals surface area contributed by atoms with Gasteiger partial charge in [0.2, 0.25) is 0 Å². The predicted octanol–water partition coefficient (Wildman–Crippen LogP) is 1.55. The molecule has 0 bridgehead atoms. The number of carbonyl (C=O) groups excluding carboxylic acids is 1. The molecule has 0 aliphatic carbocycles. The summed E-state index contributed by atoms with van der Waals surface area (Å²) < 4.78 is 15.0. The fraction of sp³-hybridized carbons (Fsp3) is 0.727. The Morgan fingerprint density at radius 3 is 2.40 bits per heavy atom. The Hall–Kier alpha value is -0.870. The van der Waals surface area contributed by atoms with Gasteiger partial charge in [0.25, 0.3) is 0 Å². The van der Waals surface area contributed by atoms with Crippen molar-refractivity contribution in [2.75, 3.05) is 33.5 Å². The third-order valence-electron chi connectivity index (χ3n) is 1.70. The number of unbranched alkanes of at least 4 members (excludes halogenated alkanes) is 1. The third kappa shape index (κ3) is 9.43. The minimum Gasteiger partial charge on any atom is -0.462 e. The molecule has 0 amide bonds. The molecule has 0 spiro atoms. The first-order valence-electron chi connectivity index (χ1n) is 5.07. The van der Waals surface area contributed by atoms with Gasteiger partial charge in [-0.05, 0) is 19.8 Å². The SMILES string of the molecule is C=C(C)C(=O)OCCCCOCCOC. The van der Waals surface area contributed by atoms with Gasteiger partial charge in [-0.25, -0.2) is 4.79 Å². The second kappa shape index (κ2) is 9.68. The molecule has 88 valence electrons. The summed E-state index contributed by atoms with van der Waals surface area (Å²) in [4.78, 5) is 10.9. The normalized spacial score (nSPS) is 10.0. The van der Waals surface area contributed by atoms with Crippen LogP contribution in [0.25, 0.3) is 0 Å². The Morgan fingerprint density at radius 1 is 1.13 bits per heavy atom. The van der Waals surface area contributed by atoms with Gasteiger partial charge in [0.05, 0.1) is 19.8 Å². The summed E-state index contributed by atoms with van der Waals surface area (Å²) in [6.45, 7) is 7.46. The third-order valence-corrected chi connectivity index (χ3v) is 1.70. The van der Waals surface area contributed by atoms with E-state index in [0.29, 0.717) is 32.0 Å². The summed E-state index contributed by atoms with van der Waals surface area (Å²) in [6.07, 6.45) is 1.69. The maximum Gasteiger partial charge on any atom is 0.333 e. The van der Waals surface area contributed by atoms with Crippen LogP contribution in [-0.4, -0.2) is 39.5 Å². The summed E-state index contributed by atoms with van der Waals surface area (Å²) in [7, 11) is 1.64. The zero-order valence-electron chi connectivity index (χ0n) is 9.58. The van der Waals surface area contributed by atoms with Crippen molar-refractivity contribution in [1.82, 2.24) is 0 Å². The van der Waals surface area contributed by atoms with E-state index in [1.165, 1.54) is 0 Å². The maximum atomic E-state index is 10.9. The molecule has 0 aromatic heterocycles. The topological polar surface area (TPSA) is 44.8 Å². The monoisotopic (exact) mass is 216 g/mol. The van der Waals surface area contributed by atoms with Gasteiger partial charge >= 0.3 is 5.97 Å². The molecule has 0 unspecified atom stereocenters. The lowest BCUT2D eigenvalue weighted by atomic mass is 10.3. The highest BCUT2D eigenvalue weighted by molar-refractivity contribution is 5.86. The van der Waals surface area contributed by atoms with Gasteiger partial charge in [-0.15, -0.1) is 0 Å². The molecule has 0 atom stereocenters. The van der Waals surface area contributed by atoms with Crippen LogP contribution in [0.3, 0.4) is 0 Å². The number of carbonyl (C=O) groups is 1. The lowest BCUT2D eigenvalue weighted by molar-refractivity contribution is -0.139. The average Bonchev–Trinajstić information content (AvgIpc) is 2.21. The van der Waals surface area contributed by atoms with Crippen LogP contribution in [-0.2, 0) is 19.0 Å². The Labute approximate surface area is 91.2 Å². The number of esters is 1. The lowest BCUT2D eigenvalue weighted by Gasteiger charge is -2.05. The van der Waals surface area contributed by atoms with Crippen LogP contribution >= 0.6 is 0 Å². The van der Waals surface area contributed by atoms with E-state index in [2.05, 4.69) is 6.58 Å². The van der Waals surface area contributed by atoms with E-state index < -0.39 is 0 Å². The molecule has 15 heavy (non-hydrogen) atoms. The Balaban J connectivity index is 3.11. The van der Waals surface area contributed by atoms with Crippen molar-refractivity contribution in [2.24, 2.45) is 0 Å². The van der Waals surface area contributed by atoms with Crippen LogP contribution in [0, 0.1) is 0 Å². The molecule has 0 radical (unpaired) electrons. The molecule has 0 aromatic carbocycles. The first-order valence-corrected chi connectivity index (χ1v) is 5.07. The molecule has 4 heteroatoms. The van der Waals surface area contributed by atoms with Crippen LogP contribution in [0.2, 0.25) is 0 Å². The van der Waals surface area contributed by atoms with Crippen LogP contribution in [0.5, 0.6) is 0 Å². The van der Waals surface area contributed by atoms with E-state index in [-0.39, 0.29) is 5.97 Å². The summed E-state index contributed by atoms with van der Waals surface area (Å²) >= 11 is 0. The molecule has 0 fully saturated rings. The molecular weight excluding hydrogens is 196 g/mol.